The van der Waals surface area contributed by atoms with Crippen molar-refractivity contribution in [1.29, 1.82) is 0 Å². The Morgan fingerprint density at radius 2 is 1.81 bits per heavy atom. The molecule has 1 heterocycles. The molecule has 1 saturated heterocycles. The number of hydrogen-bond donors (Lipinski definition) is 1. The van der Waals surface area contributed by atoms with Crippen LogP contribution in [0.15, 0.2) is 24.3 Å². The van der Waals surface area contributed by atoms with Crippen molar-refractivity contribution < 1.29 is 24.1 Å². The van der Waals surface area contributed by atoms with Gasteiger partial charge in [0.25, 0.3) is 5.69 Å². The Hall–Kier alpha value is -2.68. The number of hydroxylamine groups is 2. The predicted molar refractivity (Wildman–Crippen MR) is 96.6 cm³/mol. The fourth-order valence-corrected chi connectivity index (χ4v) is 2.65. The van der Waals surface area contributed by atoms with Crippen molar-refractivity contribution in [2.24, 2.45) is 5.92 Å². The Kier molecular flexibility index (Phi) is 6.73. The second-order valence-corrected chi connectivity index (χ2v) is 7.40. The van der Waals surface area contributed by atoms with E-state index in [0.29, 0.717) is 32.5 Å². The molecule has 9 heteroatoms. The molecular weight excluding hydrogens is 354 g/mol. The largest absolute Gasteiger partial charge is 0.528 e. The molecule has 1 aliphatic heterocycles. The van der Waals surface area contributed by atoms with E-state index in [9.17, 15) is 19.7 Å². The van der Waals surface area contributed by atoms with Gasteiger partial charge in [0.05, 0.1) is 4.92 Å². The first kappa shape index (κ1) is 20.6. The minimum atomic E-state index is -0.747. The van der Waals surface area contributed by atoms with Crippen molar-refractivity contribution in [2.45, 2.75) is 45.8 Å². The zero-order valence-electron chi connectivity index (χ0n) is 15.8. The molecule has 9 nitrogen and oxygen atoms in total. The molecule has 1 amide bonds. The maximum atomic E-state index is 12.3. The van der Waals surface area contributed by atoms with Crippen molar-refractivity contribution in [3.63, 3.8) is 0 Å². The maximum Gasteiger partial charge on any atom is 0.528 e. The number of carbonyl (C=O) groups excluding carboxylic acids is 2. The highest BCUT2D eigenvalue weighted by Crippen LogP contribution is 2.19. The molecule has 0 aromatic heterocycles. The van der Waals surface area contributed by atoms with Gasteiger partial charge in [-0.05, 0) is 39.2 Å². The van der Waals surface area contributed by atoms with Gasteiger partial charge in [-0.25, -0.2) is 4.79 Å². The van der Waals surface area contributed by atoms with Gasteiger partial charge in [0, 0.05) is 37.7 Å². The standard InChI is InChI=1S/C18H25N3O6/c1-18(2,3)26-17(23)27-20-10-8-14(9-11-20)16(22)19-12-13-4-6-15(7-5-13)21(24)25/h4-7,14H,8-12H2,1-3H3,(H,19,22). The zero-order chi connectivity index (χ0) is 20.0. The highest BCUT2D eigenvalue weighted by Gasteiger charge is 2.28. The third-order valence-corrected chi connectivity index (χ3v) is 4.03. The summed E-state index contributed by atoms with van der Waals surface area (Å²) in [6, 6.07) is 6.06. The number of carbonyl (C=O) groups is 2. The van der Waals surface area contributed by atoms with Gasteiger partial charge in [-0.2, -0.15) is 0 Å². The number of nitrogens with one attached hydrogen (secondary N) is 1. The monoisotopic (exact) mass is 379 g/mol. The van der Waals surface area contributed by atoms with Crippen LogP contribution in [0, 0.1) is 16.0 Å². The first-order valence-electron chi connectivity index (χ1n) is 8.81. The zero-order valence-corrected chi connectivity index (χ0v) is 15.8. The van der Waals surface area contributed by atoms with Crippen molar-refractivity contribution in [2.75, 3.05) is 13.1 Å². The number of hydrogen-bond acceptors (Lipinski definition) is 7. The van der Waals surface area contributed by atoms with Crippen molar-refractivity contribution in [3.8, 4) is 0 Å². The molecule has 2 rings (SSSR count). The summed E-state index contributed by atoms with van der Waals surface area (Å²) in [6.45, 7) is 6.50. The van der Waals surface area contributed by atoms with Gasteiger partial charge >= 0.3 is 6.16 Å². The molecule has 1 fully saturated rings. The number of ether oxygens (including phenoxy) is 1. The number of non-ortho nitro benzene ring substituents is 1. The quantitative estimate of drug-likeness (QED) is 0.476. The lowest BCUT2D eigenvalue weighted by molar-refractivity contribution is -0.384. The normalized spacial score (nSPS) is 15.8. The molecule has 0 atom stereocenters. The molecule has 1 aliphatic rings. The van der Waals surface area contributed by atoms with E-state index in [2.05, 4.69) is 5.32 Å². The van der Waals surface area contributed by atoms with E-state index in [-0.39, 0.29) is 17.5 Å². The van der Waals surface area contributed by atoms with Crippen molar-refractivity contribution >= 4 is 17.7 Å². The van der Waals surface area contributed by atoms with E-state index >= 15 is 0 Å². The molecule has 148 valence electrons. The number of benzene rings is 1. The van der Waals surface area contributed by atoms with Crippen LogP contribution in [-0.2, 0) is 20.9 Å². The fraction of sp³-hybridized carbons (Fsp3) is 0.556. The third-order valence-electron chi connectivity index (χ3n) is 4.03. The first-order valence-corrected chi connectivity index (χ1v) is 8.81. The highest BCUT2D eigenvalue weighted by molar-refractivity contribution is 5.78. The van der Waals surface area contributed by atoms with E-state index in [1.807, 2.05) is 0 Å². The molecule has 0 radical (unpaired) electrons. The Morgan fingerprint density at radius 3 is 2.33 bits per heavy atom. The van der Waals surface area contributed by atoms with Gasteiger partial charge in [-0.15, -0.1) is 5.06 Å². The number of nitrogens with zero attached hydrogens (tertiary/aromatic N) is 2. The average Bonchev–Trinajstić information content (AvgIpc) is 2.59. The molecular formula is C18H25N3O6. The predicted octanol–water partition coefficient (Wildman–Crippen LogP) is 2.79. The summed E-state index contributed by atoms with van der Waals surface area (Å²) in [6.07, 6.45) is 0.382. The molecule has 0 bridgehead atoms. The van der Waals surface area contributed by atoms with E-state index in [4.69, 9.17) is 9.57 Å². The van der Waals surface area contributed by atoms with Crippen molar-refractivity contribution in [1.82, 2.24) is 10.4 Å². The molecule has 0 unspecified atom stereocenters. The molecule has 0 spiro atoms. The van der Waals surface area contributed by atoms with Gasteiger partial charge in [-0.1, -0.05) is 12.1 Å². The Balaban J connectivity index is 1.73. The minimum Gasteiger partial charge on any atom is -0.427 e. The van der Waals surface area contributed by atoms with E-state index in [1.165, 1.54) is 17.2 Å². The summed E-state index contributed by atoms with van der Waals surface area (Å²) in [7, 11) is 0. The summed E-state index contributed by atoms with van der Waals surface area (Å²) in [5.74, 6) is -0.244. The van der Waals surface area contributed by atoms with E-state index in [1.54, 1.807) is 32.9 Å². The first-order chi connectivity index (χ1) is 12.6. The molecule has 1 aromatic rings. The summed E-state index contributed by atoms with van der Waals surface area (Å²) >= 11 is 0. The van der Waals surface area contributed by atoms with E-state index < -0.39 is 16.7 Å². The lowest BCUT2D eigenvalue weighted by atomic mass is 9.97. The fourth-order valence-electron chi connectivity index (χ4n) is 2.65. The lowest BCUT2D eigenvalue weighted by Gasteiger charge is -2.30. The van der Waals surface area contributed by atoms with Gasteiger partial charge in [0.1, 0.15) is 5.60 Å². The number of nitro benzene ring substituents is 1. The molecule has 27 heavy (non-hydrogen) atoms. The van der Waals surface area contributed by atoms with Gasteiger partial charge in [0.15, 0.2) is 0 Å². The maximum absolute atomic E-state index is 12.3. The lowest BCUT2D eigenvalue weighted by Crippen LogP contribution is -2.41. The second-order valence-electron chi connectivity index (χ2n) is 7.40. The summed E-state index contributed by atoms with van der Waals surface area (Å²) < 4.78 is 5.10. The summed E-state index contributed by atoms with van der Waals surface area (Å²) in [4.78, 5) is 39.3. The molecule has 0 aliphatic carbocycles. The number of rotatable bonds is 5. The Morgan fingerprint density at radius 1 is 1.22 bits per heavy atom. The average molecular weight is 379 g/mol. The van der Waals surface area contributed by atoms with Crippen LogP contribution >= 0.6 is 0 Å². The molecule has 1 N–H and O–H groups in total. The van der Waals surface area contributed by atoms with Crippen LogP contribution < -0.4 is 5.32 Å². The van der Waals surface area contributed by atoms with E-state index in [0.717, 1.165) is 5.56 Å². The van der Waals surface area contributed by atoms with Crippen LogP contribution in [0.1, 0.15) is 39.2 Å². The van der Waals surface area contributed by atoms with Crippen LogP contribution in [0.4, 0.5) is 10.5 Å². The number of piperidine rings is 1. The summed E-state index contributed by atoms with van der Waals surface area (Å²) in [5.41, 5.74) is 0.190. The van der Waals surface area contributed by atoms with Crippen LogP contribution in [0.3, 0.4) is 0 Å². The summed E-state index contributed by atoms with van der Waals surface area (Å²) in [5, 5.41) is 15.0. The SMILES string of the molecule is CC(C)(C)OC(=O)ON1CCC(C(=O)NCc2ccc([N+](=O)[O-])cc2)CC1. The molecule has 0 saturated carbocycles. The van der Waals surface area contributed by atoms with Gasteiger partial charge in [0.2, 0.25) is 5.91 Å². The number of nitro groups is 1. The molecule has 1 aromatic carbocycles. The number of amides is 1. The van der Waals surface area contributed by atoms with Crippen LogP contribution in [0.5, 0.6) is 0 Å². The van der Waals surface area contributed by atoms with Crippen molar-refractivity contribution in [3.05, 3.63) is 39.9 Å². The topological polar surface area (TPSA) is 111 Å². The Labute approximate surface area is 157 Å². The van der Waals surface area contributed by atoms with Crippen LogP contribution in [-0.4, -0.2) is 40.7 Å². The van der Waals surface area contributed by atoms with Gasteiger partial charge < -0.3 is 14.9 Å². The Bertz CT molecular complexity index is 675. The van der Waals surface area contributed by atoms with Crippen LogP contribution in [0.2, 0.25) is 0 Å². The third kappa shape index (κ3) is 6.86. The minimum absolute atomic E-state index is 0.0161. The van der Waals surface area contributed by atoms with Crippen LogP contribution in [0.25, 0.3) is 0 Å². The second kappa shape index (κ2) is 8.81. The van der Waals surface area contributed by atoms with Gasteiger partial charge in [-0.3, -0.25) is 14.9 Å². The smallest absolute Gasteiger partial charge is 0.427 e. The highest BCUT2D eigenvalue weighted by atomic mass is 16.8.